The van der Waals surface area contributed by atoms with Gasteiger partial charge in [-0.25, -0.2) is 4.68 Å². The lowest BCUT2D eigenvalue weighted by Crippen LogP contribution is -2.23. The molecule has 2 heterocycles. The molecule has 0 spiro atoms. The molecule has 10 heteroatoms. The molecule has 0 saturated carbocycles. The van der Waals surface area contributed by atoms with Gasteiger partial charge < -0.3 is 5.32 Å². The number of benzene rings is 1. The number of nitrogens with one attached hydrogen (secondary N) is 1. The number of hydrogen-bond donors (Lipinski definition) is 1. The molecule has 156 valence electrons. The highest BCUT2D eigenvalue weighted by molar-refractivity contribution is 6.33. The molecule has 6 nitrogen and oxygen atoms in total. The van der Waals surface area contributed by atoms with Gasteiger partial charge in [0, 0.05) is 37.0 Å². The van der Waals surface area contributed by atoms with Gasteiger partial charge in [0.15, 0.2) is 0 Å². The molecule has 3 aromatic rings. The topological polar surface area (TPSA) is 76.9 Å². The molecule has 3 rings (SSSR count). The van der Waals surface area contributed by atoms with Gasteiger partial charge in [-0.05, 0) is 42.8 Å². The molecule has 30 heavy (non-hydrogen) atoms. The van der Waals surface area contributed by atoms with E-state index < -0.39 is 17.6 Å². The number of hydrogen-bond acceptors (Lipinski definition) is 4. The second kappa shape index (κ2) is 9.08. The van der Waals surface area contributed by atoms with Gasteiger partial charge in [-0.3, -0.25) is 14.6 Å². The Morgan fingerprint density at radius 1 is 1.17 bits per heavy atom. The summed E-state index contributed by atoms with van der Waals surface area (Å²) in [4.78, 5) is 28.1. The van der Waals surface area contributed by atoms with Crippen molar-refractivity contribution in [3.05, 3.63) is 75.8 Å². The van der Waals surface area contributed by atoms with Crippen molar-refractivity contribution in [2.75, 3.05) is 5.32 Å². The van der Waals surface area contributed by atoms with E-state index in [1.54, 1.807) is 30.6 Å². The molecule has 2 aromatic heterocycles. The van der Waals surface area contributed by atoms with Crippen molar-refractivity contribution in [1.82, 2.24) is 14.8 Å². The molecule has 1 N–H and O–H groups in total. The maximum Gasteiger partial charge on any atom is 0.416 e. The Kier molecular flexibility index (Phi) is 6.51. The lowest BCUT2D eigenvalue weighted by Gasteiger charge is -2.12. The van der Waals surface area contributed by atoms with Crippen LogP contribution < -0.4 is 10.9 Å². The number of rotatable bonds is 6. The summed E-state index contributed by atoms with van der Waals surface area (Å²) in [6.07, 6.45) is -1.09. The normalized spacial score (nSPS) is 11.3. The standard InChI is InChI=1S/C20H16ClF3N4O2/c21-15-6-5-14(20(22,23)24)11-17(15)26-18(29)4-2-10-28-19(30)8-7-16(27-28)13-3-1-9-25-12-13/h1,3,5-9,11-12H,2,4,10H2,(H,26,29). The van der Waals surface area contributed by atoms with Crippen LogP contribution in [0.1, 0.15) is 18.4 Å². The minimum Gasteiger partial charge on any atom is -0.325 e. The van der Waals surface area contributed by atoms with E-state index in [9.17, 15) is 22.8 Å². The number of pyridine rings is 1. The van der Waals surface area contributed by atoms with Crippen LogP contribution in [0.15, 0.2) is 59.7 Å². The predicted molar refractivity (Wildman–Crippen MR) is 106 cm³/mol. The third-order valence-electron chi connectivity index (χ3n) is 4.17. The summed E-state index contributed by atoms with van der Waals surface area (Å²) in [5.74, 6) is -0.521. The number of anilines is 1. The van der Waals surface area contributed by atoms with E-state index in [0.717, 1.165) is 23.8 Å². The van der Waals surface area contributed by atoms with E-state index in [2.05, 4.69) is 15.4 Å². The van der Waals surface area contributed by atoms with Crippen LogP contribution in [0.25, 0.3) is 11.3 Å². The lowest BCUT2D eigenvalue weighted by molar-refractivity contribution is -0.137. The number of aryl methyl sites for hydroxylation is 1. The van der Waals surface area contributed by atoms with Gasteiger partial charge >= 0.3 is 6.18 Å². The molecule has 0 bridgehead atoms. The molecule has 0 atom stereocenters. The summed E-state index contributed by atoms with van der Waals surface area (Å²) in [5.41, 5.74) is -0.0643. The Bertz CT molecular complexity index is 1100. The molecule has 0 aliphatic rings. The van der Waals surface area contributed by atoms with Crippen LogP contribution in [0.3, 0.4) is 0 Å². The summed E-state index contributed by atoms with van der Waals surface area (Å²) in [6, 6.07) is 9.20. The summed E-state index contributed by atoms with van der Waals surface area (Å²) < 4.78 is 39.7. The van der Waals surface area contributed by atoms with Crippen molar-refractivity contribution >= 4 is 23.2 Å². The minimum atomic E-state index is -4.55. The SMILES string of the molecule is O=C(CCCn1nc(-c2cccnc2)ccc1=O)Nc1cc(C(F)(F)F)ccc1Cl. The Morgan fingerprint density at radius 2 is 1.97 bits per heavy atom. The van der Waals surface area contributed by atoms with Crippen molar-refractivity contribution in [2.45, 2.75) is 25.6 Å². The zero-order chi connectivity index (χ0) is 21.7. The number of carbonyl (C=O) groups excluding carboxylic acids is 1. The van der Waals surface area contributed by atoms with Gasteiger partial charge in [-0.1, -0.05) is 11.6 Å². The molecule has 1 amide bonds. The number of nitrogens with zero attached hydrogens (tertiary/aromatic N) is 3. The first-order valence-corrected chi connectivity index (χ1v) is 9.27. The van der Waals surface area contributed by atoms with E-state index in [4.69, 9.17) is 11.6 Å². The number of amides is 1. The molecule has 0 radical (unpaired) electrons. The van der Waals surface area contributed by atoms with E-state index in [1.165, 1.54) is 10.7 Å². The average Bonchev–Trinajstić information content (AvgIpc) is 2.71. The molecule has 0 saturated heterocycles. The molecule has 0 fully saturated rings. The van der Waals surface area contributed by atoms with E-state index in [1.807, 2.05) is 0 Å². The molecular weight excluding hydrogens is 421 g/mol. The fraction of sp³-hybridized carbons (Fsp3) is 0.200. The van der Waals surface area contributed by atoms with Crippen LogP contribution in [0.2, 0.25) is 5.02 Å². The van der Waals surface area contributed by atoms with Crippen molar-refractivity contribution in [2.24, 2.45) is 0 Å². The van der Waals surface area contributed by atoms with Crippen LogP contribution in [0.4, 0.5) is 18.9 Å². The van der Waals surface area contributed by atoms with Crippen LogP contribution >= 0.6 is 11.6 Å². The number of alkyl halides is 3. The number of carbonyl (C=O) groups is 1. The van der Waals surface area contributed by atoms with Crippen molar-refractivity contribution < 1.29 is 18.0 Å². The first-order chi connectivity index (χ1) is 14.2. The van der Waals surface area contributed by atoms with Crippen LogP contribution in [0, 0.1) is 0 Å². The van der Waals surface area contributed by atoms with E-state index in [0.29, 0.717) is 5.69 Å². The first kappa shape index (κ1) is 21.5. The fourth-order valence-electron chi connectivity index (χ4n) is 2.68. The molecule has 1 aromatic carbocycles. The monoisotopic (exact) mass is 436 g/mol. The molecule has 0 unspecified atom stereocenters. The summed E-state index contributed by atoms with van der Waals surface area (Å²) in [5, 5.41) is 6.63. The van der Waals surface area contributed by atoms with Crippen LogP contribution in [-0.4, -0.2) is 20.7 Å². The fourth-order valence-corrected chi connectivity index (χ4v) is 2.84. The highest BCUT2D eigenvalue weighted by Gasteiger charge is 2.31. The molecule has 0 aliphatic carbocycles. The van der Waals surface area contributed by atoms with Gasteiger partial charge in [0.05, 0.1) is 22.0 Å². The summed E-state index contributed by atoms with van der Waals surface area (Å²) >= 11 is 5.87. The number of aromatic nitrogens is 3. The quantitative estimate of drug-likeness (QED) is 0.621. The average molecular weight is 437 g/mol. The summed E-state index contributed by atoms with van der Waals surface area (Å²) in [7, 11) is 0. The van der Waals surface area contributed by atoms with Gasteiger partial charge in [0.25, 0.3) is 5.56 Å². The van der Waals surface area contributed by atoms with Crippen LogP contribution in [-0.2, 0) is 17.5 Å². The maximum atomic E-state index is 12.8. The van der Waals surface area contributed by atoms with Gasteiger partial charge in [-0.2, -0.15) is 18.3 Å². The largest absolute Gasteiger partial charge is 0.416 e. The van der Waals surface area contributed by atoms with Crippen molar-refractivity contribution in [3.8, 4) is 11.3 Å². The third-order valence-corrected chi connectivity index (χ3v) is 4.50. The highest BCUT2D eigenvalue weighted by atomic mass is 35.5. The molecule has 0 aliphatic heterocycles. The Hall–Kier alpha value is -3.20. The zero-order valence-electron chi connectivity index (χ0n) is 15.5. The summed E-state index contributed by atoms with van der Waals surface area (Å²) in [6.45, 7) is 0.163. The first-order valence-electron chi connectivity index (χ1n) is 8.89. The lowest BCUT2D eigenvalue weighted by atomic mass is 10.2. The van der Waals surface area contributed by atoms with Gasteiger partial charge in [0.1, 0.15) is 0 Å². The zero-order valence-corrected chi connectivity index (χ0v) is 16.2. The molecular formula is C20H16ClF3N4O2. The highest BCUT2D eigenvalue weighted by Crippen LogP contribution is 2.33. The Balaban J connectivity index is 1.62. The van der Waals surface area contributed by atoms with Gasteiger partial charge in [0.2, 0.25) is 5.91 Å². The Morgan fingerprint density at radius 3 is 2.67 bits per heavy atom. The van der Waals surface area contributed by atoms with Crippen molar-refractivity contribution in [1.29, 1.82) is 0 Å². The van der Waals surface area contributed by atoms with Crippen molar-refractivity contribution in [3.63, 3.8) is 0 Å². The van der Waals surface area contributed by atoms with E-state index in [-0.39, 0.29) is 35.7 Å². The van der Waals surface area contributed by atoms with Gasteiger partial charge in [-0.15, -0.1) is 0 Å². The number of halogens is 4. The van der Waals surface area contributed by atoms with E-state index >= 15 is 0 Å². The third kappa shape index (κ3) is 5.44. The second-order valence-corrected chi connectivity index (χ2v) is 6.77. The smallest absolute Gasteiger partial charge is 0.325 e. The predicted octanol–water partition coefficient (Wildman–Crippen LogP) is 4.40. The second-order valence-electron chi connectivity index (χ2n) is 6.37. The van der Waals surface area contributed by atoms with Crippen LogP contribution in [0.5, 0.6) is 0 Å². The maximum absolute atomic E-state index is 12.8. The minimum absolute atomic E-state index is 0.00147. The Labute approximate surface area is 174 Å².